The highest BCUT2D eigenvalue weighted by molar-refractivity contribution is 5.97. The summed E-state index contributed by atoms with van der Waals surface area (Å²) in [5.41, 5.74) is 5.58. The van der Waals surface area contributed by atoms with Crippen molar-refractivity contribution < 1.29 is 0 Å². The second-order valence-electron chi connectivity index (χ2n) is 11.1. The van der Waals surface area contributed by atoms with Crippen LogP contribution in [0.2, 0.25) is 0 Å². The average molecular weight is 390 g/mol. The summed E-state index contributed by atoms with van der Waals surface area (Å²) < 4.78 is 2.18. The smallest absolute Gasteiger partial charge is 0.149 e. The molecule has 0 N–H and O–H groups in total. The standard InChI is InChI=1S/C24H31N5/c1-22(2,3)17-12-15-16(13-26-17)29-20(27-15)14-10-11-25-19(23(4,5)6)18(14)28-21(29)24(7,8)9/h10-13H,1-9H3. The molecule has 29 heavy (non-hydrogen) atoms. The van der Waals surface area contributed by atoms with Gasteiger partial charge in [-0.1, -0.05) is 62.3 Å². The third-order valence-corrected chi connectivity index (χ3v) is 5.29. The van der Waals surface area contributed by atoms with Crippen molar-refractivity contribution in [3.8, 4) is 0 Å². The van der Waals surface area contributed by atoms with Crippen LogP contribution < -0.4 is 0 Å². The van der Waals surface area contributed by atoms with Gasteiger partial charge in [0.2, 0.25) is 0 Å². The molecular weight excluding hydrogens is 358 g/mol. The van der Waals surface area contributed by atoms with Crippen molar-refractivity contribution in [3.63, 3.8) is 0 Å². The highest BCUT2D eigenvalue weighted by Crippen LogP contribution is 2.34. The molecule has 152 valence electrons. The first-order valence-electron chi connectivity index (χ1n) is 10.3. The Balaban J connectivity index is 2.22. The van der Waals surface area contributed by atoms with Crippen LogP contribution in [0.3, 0.4) is 0 Å². The van der Waals surface area contributed by atoms with Crippen LogP contribution in [0.1, 0.15) is 79.5 Å². The Hall–Kier alpha value is -2.56. The highest BCUT2D eigenvalue weighted by Gasteiger charge is 2.27. The van der Waals surface area contributed by atoms with Crippen molar-refractivity contribution in [2.45, 2.75) is 78.6 Å². The third-order valence-electron chi connectivity index (χ3n) is 5.29. The van der Waals surface area contributed by atoms with Gasteiger partial charge >= 0.3 is 0 Å². The maximum absolute atomic E-state index is 5.17. The Morgan fingerprint density at radius 3 is 2.07 bits per heavy atom. The van der Waals surface area contributed by atoms with Crippen LogP contribution in [-0.2, 0) is 16.2 Å². The Morgan fingerprint density at radius 2 is 1.48 bits per heavy atom. The van der Waals surface area contributed by atoms with E-state index in [9.17, 15) is 0 Å². The maximum atomic E-state index is 5.17. The van der Waals surface area contributed by atoms with E-state index in [0.29, 0.717) is 0 Å². The Bertz CT molecular complexity index is 1240. The van der Waals surface area contributed by atoms with E-state index in [1.165, 1.54) is 0 Å². The van der Waals surface area contributed by atoms with Crippen molar-refractivity contribution in [2.75, 3.05) is 0 Å². The molecule has 0 aromatic carbocycles. The lowest BCUT2D eigenvalue weighted by atomic mass is 9.89. The van der Waals surface area contributed by atoms with Gasteiger partial charge in [0.25, 0.3) is 0 Å². The first-order valence-corrected chi connectivity index (χ1v) is 10.3. The number of nitrogens with zero attached hydrogens (tertiary/aromatic N) is 5. The molecule has 5 heteroatoms. The van der Waals surface area contributed by atoms with E-state index < -0.39 is 0 Å². The molecule has 0 atom stereocenters. The molecule has 0 radical (unpaired) electrons. The number of hydrogen-bond donors (Lipinski definition) is 0. The molecule has 5 nitrogen and oxygen atoms in total. The monoisotopic (exact) mass is 389 g/mol. The second kappa shape index (κ2) is 5.97. The minimum Gasteiger partial charge on any atom is -0.278 e. The topological polar surface area (TPSA) is 56.0 Å². The van der Waals surface area contributed by atoms with Crippen LogP contribution >= 0.6 is 0 Å². The van der Waals surface area contributed by atoms with E-state index in [1.807, 2.05) is 18.5 Å². The summed E-state index contributed by atoms with van der Waals surface area (Å²) in [5, 5.41) is 1.03. The predicted molar refractivity (Wildman–Crippen MR) is 120 cm³/mol. The van der Waals surface area contributed by atoms with Crippen molar-refractivity contribution >= 4 is 27.6 Å². The molecule has 0 saturated heterocycles. The lowest BCUT2D eigenvalue weighted by Crippen LogP contribution is -2.21. The lowest BCUT2D eigenvalue weighted by molar-refractivity contribution is 0.538. The fourth-order valence-electron chi connectivity index (χ4n) is 3.74. The van der Waals surface area contributed by atoms with Gasteiger partial charge in [0.15, 0.2) is 0 Å². The summed E-state index contributed by atoms with van der Waals surface area (Å²) >= 11 is 0. The molecule has 0 saturated carbocycles. The number of hydrogen-bond acceptors (Lipinski definition) is 4. The van der Waals surface area contributed by atoms with Crippen molar-refractivity contribution in [2.24, 2.45) is 0 Å². The number of aromatic nitrogens is 5. The summed E-state index contributed by atoms with van der Waals surface area (Å²) in [7, 11) is 0. The van der Waals surface area contributed by atoms with Gasteiger partial charge in [-0.05, 0) is 12.1 Å². The zero-order valence-corrected chi connectivity index (χ0v) is 19.0. The molecule has 0 bridgehead atoms. The average Bonchev–Trinajstić information content (AvgIpc) is 2.96. The van der Waals surface area contributed by atoms with Crippen molar-refractivity contribution in [1.82, 2.24) is 24.3 Å². The fraction of sp³-hybridized carbons (Fsp3) is 0.500. The van der Waals surface area contributed by atoms with E-state index >= 15 is 0 Å². The Morgan fingerprint density at radius 1 is 0.793 bits per heavy atom. The summed E-state index contributed by atoms with van der Waals surface area (Å²) in [5.74, 6) is 0.978. The van der Waals surface area contributed by atoms with Gasteiger partial charge in [-0.3, -0.25) is 14.4 Å². The molecule has 0 unspecified atom stereocenters. The molecule has 0 spiro atoms. The van der Waals surface area contributed by atoms with Crippen LogP contribution in [0.15, 0.2) is 24.5 Å². The van der Waals surface area contributed by atoms with Gasteiger partial charge in [0.05, 0.1) is 28.4 Å². The summed E-state index contributed by atoms with van der Waals surface area (Å²) in [6.45, 7) is 19.6. The van der Waals surface area contributed by atoms with Gasteiger partial charge in [-0.15, -0.1) is 0 Å². The number of pyridine rings is 2. The Kier molecular flexibility index (Phi) is 4.07. The van der Waals surface area contributed by atoms with Crippen LogP contribution in [0.5, 0.6) is 0 Å². The largest absolute Gasteiger partial charge is 0.278 e. The SMILES string of the molecule is CC(C)(C)c1cc2nc3c4ccnc(C(C)(C)C)c4nc(C(C)(C)C)n3c2cn1. The maximum Gasteiger partial charge on any atom is 0.149 e. The summed E-state index contributed by atoms with van der Waals surface area (Å²) in [6, 6.07) is 4.15. The van der Waals surface area contributed by atoms with Gasteiger partial charge < -0.3 is 0 Å². The molecular formula is C24H31N5. The van der Waals surface area contributed by atoms with E-state index in [0.717, 1.165) is 44.8 Å². The highest BCUT2D eigenvalue weighted by atomic mass is 15.1. The zero-order valence-electron chi connectivity index (χ0n) is 19.0. The van der Waals surface area contributed by atoms with Crippen LogP contribution in [0, 0.1) is 0 Å². The molecule has 0 amide bonds. The fourth-order valence-corrected chi connectivity index (χ4v) is 3.74. The zero-order chi connectivity index (χ0) is 21.4. The van der Waals surface area contributed by atoms with Gasteiger partial charge in [0, 0.05) is 33.5 Å². The minimum absolute atomic E-state index is 0.0273. The third kappa shape index (κ3) is 3.17. The number of imidazole rings is 1. The van der Waals surface area contributed by atoms with Crippen LogP contribution in [0.4, 0.5) is 0 Å². The Labute approximate surface area is 172 Å². The van der Waals surface area contributed by atoms with E-state index in [4.69, 9.17) is 19.9 Å². The van der Waals surface area contributed by atoms with Gasteiger partial charge in [0.1, 0.15) is 11.5 Å². The van der Waals surface area contributed by atoms with E-state index in [2.05, 4.69) is 72.8 Å². The molecule has 0 aliphatic heterocycles. The first kappa shape index (κ1) is 19.7. The predicted octanol–water partition coefficient (Wildman–Crippen LogP) is 5.72. The lowest BCUT2D eigenvalue weighted by Gasteiger charge is -2.24. The molecule has 0 fully saturated rings. The molecule has 0 aliphatic rings. The second-order valence-corrected chi connectivity index (χ2v) is 11.1. The first-order chi connectivity index (χ1) is 13.3. The van der Waals surface area contributed by atoms with Crippen molar-refractivity contribution in [1.29, 1.82) is 0 Å². The van der Waals surface area contributed by atoms with E-state index in [1.54, 1.807) is 0 Å². The van der Waals surface area contributed by atoms with Gasteiger partial charge in [-0.25, -0.2) is 9.97 Å². The van der Waals surface area contributed by atoms with Gasteiger partial charge in [-0.2, -0.15) is 0 Å². The molecule has 0 aliphatic carbocycles. The van der Waals surface area contributed by atoms with Crippen LogP contribution in [0.25, 0.3) is 27.6 Å². The number of fused-ring (bicyclic) bond motifs is 5. The molecule has 4 aromatic rings. The summed E-state index contributed by atoms with van der Waals surface area (Å²) in [6.07, 6.45) is 3.82. The van der Waals surface area contributed by atoms with Crippen LogP contribution in [-0.4, -0.2) is 24.3 Å². The summed E-state index contributed by atoms with van der Waals surface area (Å²) in [4.78, 5) is 19.7. The molecule has 4 aromatic heterocycles. The molecule has 4 rings (SSSR count). The minimum atomic E-state index is -0.159. The molecule has 4 heterocycles. The van der Waals surface area contributed by atoms with E-state index in [-0.39, 0.29) is 16.2 Å². The van der Waals surface area contributed by atoms with Crippen molar-refractivity contribution in [3.05, 3.63) is 41.7 Å². The normalized spacial score (nSPS) is 13.7. The number of rotatable bonds is 0. The quantitative estimate of drug-likeness (QED) is 0.386.